The molecule has 0 aliphatic heterocycles. The van der Waals surface area contributed by atoms with E-state index in [0.717, 1.165) is 32.1 Å². The summed E-state index contributed by atoms with van der Waals surface area (Å²) in [6, 6.07) is 6.82. The average molecular weight is 340 g/mol. The van der Waals surface area contributed by atoms with Gasteiger partial charge in [-0.1, -0.05) is 13.8 Å². The van der Waals surface area contributed by atoms with E-state index >= 15 is 0 Å². The largest absolute Gasteiger partial charge is 0.494 e. The summed E-state index contributed by atoms with van der Waals surface area (Å²) in [7, 11) is -3.47. The van der Waals surface area contributed by atoms with Crippen molar-refractivity contribution in [2.24, 2.45) is 11.7 Å². The number of sulfonamides is 1. The van der Waals surface area contributed by atoms with Gasteiger partial charge in [0.1, 0.15) is 5.75 Å². The zero-order valence-electron chi connectivity index (χ0n) is 14.0. The lowest BCUT2D eigenvalue weighted by atomic mass is 9.93. The number of nitrogens with two attached hydrogens (primary N) is 1. The molecule has 23 heavy (non-hydrogen) atoms. The zero-order chi connectivity index (χ0) is 16.9. The van der Waals surface area contributed by atoms with E-state index in [9.17, 15) is 8.42 Å². The molecule has 5 nitrogen and oxygen atoms in total. The summed E-state index contributed by atoms with van der Waals surface area (Å²) in [6.07, 6.45) is 4.32. The van der Waals surface area contributed by atoms with E-state index < -0.39 is 10.0 Å². The van der Waals surface area contributed by atoms with E-state index in [1.165, 1.54) is 0 Å². The second kappa shape index (κ2) is 8.13. The Balaban J connectivity index is 1.92. The zero-order valence-corrected chi connectivity index (χ0v) is 14.8. The molecule has 0 aromatic heterocycles. The summed E-state index contributed by atoms with van der Waals surface area (Å²) < 4.78 is 33.2. The van der Waals surface area contributed by atoms with Crippen molar-refractivity contribution < 1.29 is 13.2 Å². The van der Waals surface area contributed by atoms with Crippen molar-refractivity contribution in [1.82, 2.24) is 4.72 Å². The fraction of sp³-hybridized carbons (Fsp3) is 0.647. The third-order valence-corrected chi connectivity index (χ3v) is 5.73. The van der Waals surface area contributed by atoms with Crippen LogP contribution < -0.4 is 15.2 Å². The lowest BCUT2D eigenvalue weighted by Gasteiger charge is -2.26. The van der Waals surface area contributed by atoms with Crippen molar-refractivity contribution in [2.45, 2.75) is 62.9 Å². The van der Waals surface area contributed by atoms with Crippen LogP contribution in [0.2, 0.25) is 0 Å². The lowest BCUT2D eigenvalue weighted by Crippen LogP contribution is -2.40. The van der Waals surface area contributed by atoms with Gasteiger partial charge in [-0.3, -0.25) is 0 Å². The third kappa shape index (κ3) is 5.79. The second-order valence-electron chi connectivity index (χ2n) is 6.74. The van der Waals surface area contributed by atoms with E-state index in [0.29, 0.717) is 18.3 Å². The fourth-order valence-corrected chi connectivity index (χ4v) is 3.96. The second-order valence-corrected chi connectivity index (χ2v) is 8.45. The van der Waals surface area contributed by atoms with E-state index in [-0.39, 0.29) is 17.0 Å². The number of benzene rings is 1. The van der Waals surface area contributed by atoms with Gasteiger partial charge in [0.2, 0.25) is 10.0 Å². The minimum Gasteiger partial charge on any atom is -0.494 e. The number of ether oxygens (including phenoxy) is 1. The standard InChI is InChI=1S/C17H28N2O3S/c1-13(2)11-12-22-16-7-9-17(10-8-16)23(20,21)19-15-5-3-14(18)4-6-15/h7-10,13-15,19H,3-6,11-12,18H2,1-2H3. The first-order valence-electron chi connectivity index (χ1n) is 8.37. The van der Waals surface area contributed by atoms with Crippen LogP contribution in [0, 0.1) is 5.92 Å². The van der Waals surface area contributed by atoms with Gasteiger partial charge in [-0.25, -0.2) is 13.1 Å². The van der Waals surface area contributed by atoms with Crippen LogP contribution in [0.3, 0.4) is 0 Å². The van der Waals surface area contributed by atoms with Gasteiger partial charge in [0.15, 0.2) is 0 Å². The van der Waals surface area contributed by atoms with Crippen molar-refractivity contribution in [3.8, 4) is 5.75 Å². The van der Waals surface area contributed by atoms with Gasteiger partial charge in [0, 0.05) is 12.1 Å². The highest BCUT2D eigenvalue weighted by Crippen LogP contribution is 2.21. The molecular weight excluding hydrogens is 312 g/mol. The topological polar surface area (TPSA) is 81.4 Å². The van der Waals surface area contributed by atoms with E-state index in [4.69, 9.17) is 10.5 Å². The highest BCUT2D eigenvalue weighted by Gasteiger charge is 2.24. The number of rotatable bonds is 7. The van der Waals surface area contributed by atoms with E-state index in [1.54, 1.807) is 24.3 Å². The first-order valence-corrected chi connectivity index (χ1v) is 9.86. The van der Waals surface area contributed by atoms with Crippen LogP contribution in [0.25, 0.3) is 0 Å². The maximum Gasteiger partial charge on any atom is 0.240 e. The van der Waals surface area contributed by atoms with Crippen molar-refractivity contribution in [2.75, 3.05) is 6.61 Å². The molecule has 0 spiro atoms. The van der Waals surface area contributed by atoms with Gasteiger partial charge < -0.3 is 10.5 Å². The smallest absolute Gasteiger partial charge is 0.240 e. The lowest BCUT2D eigenvalue weighted by molar-refractivity contribution is 0.289. The molecule has 1 fully saturated rings. The van der Waals surface area contributed by atoms with Crippen LogP contribution in [0.1, 0.15) is 46.0 Å². The summed E-state index contributed by atoms with van der Waals surface area (Å²) in [5.41, 5.74) is 5.86. The first-order chi connectivity index (χ1) is 10.9. The molecule has 0 bridgehead atoms. The molecule has 0 atom stereocenters. The molecule has 0 radical (unpaired) electrons. The molecule has 2 rings (SSSR count). The minimum absolute atomic E-state index is 0.0123. The van der Waals surface area contributed by atoms with E-state index in [1.807, 2.05) is 0 Å². The molecule has 1 aliphatic rings. The van der Waals surface area contributed by atoms with Gasteiger partial charge in [-0.2, -0.15) is 0 Å². The Morgan fingerprint density at radius 3 is 2.35 bits per heavy atom. The van der Waals surface area contributed by atoms with Crippen LogP contribution in [-0.4, -0.2) is 27.1 Å². The molecule has 0 unspecified atom stereocenters. The molecule has 130 valence electrons. The Bertz CT molecular complexity index is 576. The van der Waals surface area contributed by atoms with Gasteiger partial charge in [0.25, 0.3) is 0 Å². The van der Waals surface area contributed by atoms with Crippen LogP contribution in [0.15, 0.2) is 29.2 Å². The molecule has 1 aromatic carbocycles. The molecule has 3 N–H and O–H groups in total. The maximum atomic E-state index is 12.4. The number of hydrogen-bond donors (Lipinski definition) is 2. The van der Waals surface area contributed by atoms with Crippen LogP contribution >= 0.6 is 0 Å². The number of hydrogen-bond acceptors (Lipinski definition) is 4. The van der Waals surface area contributed by atoms with Gasteiger partial charge in [-0.15, -0.1) is 0 Å². The van der Waals surface area contributed by atoms with Crippen molar-refractivity contribution in [3.63, 3.8) is 0 Å². The van der Waals surface area contributed by atoms with Crippen molar-refractivity contribution >= 4 is 10.0 Å². The summed E-state index contributed by atoms with van der Waals surface area (Å²) in [5, 5.41) is 0. The summed E-state index contributed by atoms with van der Waals surface area (Å²) >= 11 is 0. The monoisotopic (exact) mass is 340 g/mol. The van der Waals surface area contributed by atoms with Gasteiger partial charge in [-0.05, 0) is 62.3 Å². The van der Waals surface area contributed by atoms with Crippen LogP contribution in [-0.2, 0) is 10.0 Å². The Labute approximate surface area is 139 Å². The number of nitrogens with one attached hydrogen (secondary N) is 1. The predicted molar refractivity (Wildman–Crippen MR) is 91.9 cm³/mol. The molecule has 1 aliphatic carbocycles. The Hall–Kier alpha value is -1.11. The Morgan fingerprint density at radius 1 is 1.17 bits per heavy atom. The van der Waals surface area contributed by atoms with Gasteiger partial charge >= 0.3 is 0 Å². The van der Waals surface area contributed by atoms with Crippen LogP contribution in [0.4, 0.5) is 0 Å². The fourth-order valence-electron chi connectivity index (χ4n) is 2.65. The molecular formula is C17H28N2O3S. The SMILES string of the molecule is CC(C)CCOc1ccc(S(=O)(=O)NC2CCC(N)CC2)cc1. The molecule has 1 aromatic rings. The molecule has 0 heterocycles. The predicted octanol–water partition coefficient (Wildman–Crippen LogP) is 2.66. The molecule has 0 saturated heterocycles. The third-order valence-electron chi connectivity index (χ3n) is 4.19. The average Bonchev–Trinajstić information content (AvgIpc) is 2.50. The Kier molecular flexibility index (Phi) is 6.44. The Morgan fingerprint density at radius 2 is 1.78 bits per heavy atom. The highest BCUT2D eigenvalue weighted by molar-refractivity contribution is 7.89. The maximum absolute atomic E-state index is 12.4. The quantitative estimate of drug-likeness (QED) is 0.799. The summed E-state index contributed by atoms with van der Waals surface area (Å²) in [6.45, 7) is 4.93. The molecule has 0 amide bonds. The van der Waals surface area contributed by atoms with Crippen molar-refractivity contribution in [1.29, 1.82) is 0 Å². The van der Waals surface area contributed by atoms with Crippen LogP contribution in [0.5, 0.6) is 5.75 Å². The summed E-state index contributed by atoms with van der Waals surface area (Å²) in [4.78, 5) is 0.281. The molecule has 6 heteroatoms. The van der Waals surface area contributed by atoms with Gasteiger partial charge in [0.05, 0.1) is 11.5 Å². The van der Waals surface area contributed by atoms with E-state index in [2.05, 4.69) is 18.6 Å². The minimum atomic E-state index is -3.47. The molecule has 1 saturated carbocycles. The highest BCUT2D eigenvalue weighted by atomic mass is 32.2. The first kappa shape index (κ1) is 18.2. The van der Waals surface area contributed by atoms with Crippen molar-refractivity contribution in [3.05, 3.63) is 24.3 Å². The normalized spacial score (nSPS) is 22.3. The summed E-state index contributed by atoms with van der Waals surface area (Å²) in [5.74, 6) is 1.29.